The second-order valence-electron chi connectivity index (χ2n) is 5.12. The largest absolute Gasteiger partial charge is 0.317 e. The number of hydrogen-bond acceptors (Lipinski definition) is 3. The lowest BCUT2D eigenvalue weighted by atomic mass is 9.80. The standard InChI is InChI=1S/C13H29NO3S/c1-6-9-12(14-5)11(4)13(8-3,10-7-2)18(15,16)17/h11-12,14H,6-10H2,1-5H3,(H,15,16,17). The predicted molar refractivity (Wildman–Crippen MR) is 76.4 cm³/mol. The first kappa shape index (κ1) is 17.9. The first-order valence-electron chi connectivity index (χ1n) is 6.94. The Labute approximate surface area is 112 Å². The van der Waals surface area contributed by atoms with Crippen molar-refractivity contribution >= 4 is 10.1 Å². The maximum atomic E-state index is 11.9. The molecule has 0 saturated carbocycles. The smallest absolute Gasteiger partial charge is 0.270 e. The molecule has 4 nitrogen and oxygen atoms in total. The van der Waals surface area contributed by atoms with Crippen LogP contribution < -0.4 is 5.32 Å². The Morgan fingerprint density at radius 3 is 2.06 bits per heavy atom. The van der Waals surface area contributed by atoms with Gasteiger partial charge in [0.1, 0.15) is 4.75 Å². The number of nitrogens with one attached hydrogen (secondary N) is 1. The summed E-state index contributed by atoms with van der Waals surface area (Å²) in [5, 5.41) is 3.20. The quantitative estimate of drug-likeness (QED) is 0.637. The summed E-state index contributed by atoms with van der Waals surface area (Å²) < 4.78 is 32.4. The molecule has 0 amide bonds. The maximum absolute atomic E-state index is 11.9. The molecular weight excluding hydrogens is 250 g/mol. The molecule has 0 fully saturated rings. The molecule has 0 aliphatic rings. The van der Waals surface area contributed by atoms with E-state index in [9.17, 15) is 13.0 Å². The SMILES string of the molecule is CCCC(NC)C(C)C(CC)(CCC)S(=O)(=O)O. The van der Waals surface area contributed by atoms with Crippen LogP contribution in [0.5, 0.6) is 0 Å². The van der Waals surface area contributed by atoms with Gasteiger partial charge in [-0.05, 0) is 32.2 Å². The van der Waals surface area contributed by atoms with Crippen LogP contribution in [0.4, 0.5) is 0 Å². The van der Waals surface area contributed by atoms with Crippen LogP contribution in [0, 0.1) is 5.92 Å². The van der Waals surface area contributed by atoms with Gasteiger partial charge in [-0.25, -0.2) is 0 Å². The van der Waals surface area contributed by atoms with Crippen LogP contribution in [0.25, 0.3) is 0 Å². The highest BCUT2D eigenvalue weighted by Crippen LogP contribution is 2.37. The van der Waals surface area contributed by atoms with E-state index < -0.39 is 14.9 Å². The molecule has 0 aromatic rings. The summed E-state index contributed by atoms with van der Waals surface area (Å²) in [5.41, 5.74) is 0. The van der Waals surface area contributed by atoms with E-state index in [0.29, 0.717) is 12.8 Å². The molecule has 0 saturated heterocycles. The Morgan fingerprint density at radius 2 is 1.78 bits per heavy atom. The molecule has 3 unspecified atom stereocenters. The van der Waals surface area contributed by atoms with Crippen LogP contribution in [0.15, 0.2) is 0 Å². The van der Waals surface area contributed by atoms with Gasteiger partial charge in [-0.15, -0.1) is 0 Å². The molecule has 0 radical (unpaired) electrons. The molecular formula is C13H29NO3S. The fraction of sp³-hybridized carbons (Fsp3) is 1.00. The Kier molecular flexibility index (Phi) is 7.40. The summed E-state index contributed by atoms with van der Waals surface area (Å²) in [6, 6.07) is 0.114. The van der Waals surface area contributed by atoms with Crippen molar-refractivity contribution in [3.8, 4) is 0 Å². The molecule has 0 aliphatic heterocycles. The van der Waals surface area contributed by atoms with Crippen molar-refractivity contribution in [2.75, 3.05) is 7.05 Å². The van der Waals surface area contributed by atoms with Crippen molar-refractivity contribution in [3.63, 3.8) is 0 Å². The van der Waals surface area contributed by atoms with Crippen molar-refractivity contribution in [2.45, 2.75) is 70.6 Å². The summed E-state index contributed by atoms with van der Waals surface area (Å²) in [6.07, 6.45) is 3.61. The third kappa shape index (κ3) is 3.68. The van der Waals surface area contributed by atoms with E-state index in [-0.39, 0.29) is 12.0 Å². The fourth-order valence-electron chi connectivity index (χ4n) is 3.02. The second kappa shape index (κ2) is 7.46. The van der Waals surface area contributed by atoms with E-state index in [1.54, 1.807) is 0 Å². The Bertz CT molecular complexity index is 329. The van der Waals surface area contributed by atoms with Crippen molar-refractivity contribution in [1.29, 1.82) is 0 Å². The minimum Gasteiger partial charge on any atom is -0.317 e. The van der Waals surface area contributed by atoms with Gasteiger partial charge in [-0.1, -0.05) is 40.5 Å². The van der Waals surface area contributed by atoms with Crippen LogP contribution in [-0.4, -0.2) is 30.8 Å². The third-order valence-electron chi connectivity index (χ3n) is 4.19. The van der Waals surface area contributed by atoms with Gasteiger partial charge in [0, 0.05) is 6.04 Å². The molecule has 2 N–H and O–H groups in total. The highest BCUT2D eigenvalue weighted by atomic mass is 32.2. The van der Waals surface area contributed by atoms with Crippen molar-refractivity contribution in [2.24, 2.45) is 5.92 Å². The zero-order chi connectivity index (χ0) is 14.4. The topological polar surface area (TPSA) is 66.4 Å². The van der Waals surface area contributed by atoms with Crippen molar-refractivity contribution in [3.05, 3.63) is 0 Å². The van der Waals surface area contributed by atoms with Crippen LogP contribution in [0.3, 0.4) is 0 Å². The van der Waals surface area contributed by atoms with Gasteiger partial charge in [0.15, 0.2) is 0 Å². The highest BCUT2D eigenvalue weighted by Gasteiger charge is 2.47. The van der Waals surface area contributed by atoms with Gasteiger partial charge in [0.25, 0.3) is 10.1 Å². The summed E-state index contributed by atoms with van der Waals surface area (Å²) in [5.74, 6) is -0.109. The molecule has 0 rings (SSSR count). The first-order chi connectivity index (χ1) is 8.30. The Hall–Kier alpha value is -0.130. The monoisotopic (exact) mass is 279 g/mol. The zero-order valence-electron chi connectivity index (χ0n) is 12.4. The van der Waals surface area contributed by atoms with Gasteiger partial charge >= 0.3 is 0 Å². The summed E-state index contributed by atoms with van der Waals surface area (Å²) in [6.45, 7) is 7.82. The lowest BCUT2D eigenvalue weighted by Gasteiger charge is -2.39. The van der Waals surface area contributed by atoms with E-state index in [1.807, 2.05) is 27.8 Å². The predicted octanol–water partition coefficient (Wildman–Crippen LogP) is 2.85. The maximum Gasteiger partial charge on any atom is 0.270 e. The summed E-state index contributed by atoms with van der Waals surface area (Å²) in [4.78, 5) is 0. The fourth-order valence-corrected chi connectivity index (χ4v) is 4.48. The normalized spacial score (nSPS) is 19.2. The average Bonchev–Trinajstić information content (AvgIpc) is 2.30. The van der Waals surface area contributed by atoms with E-state index in [4.69, 9.17) is 0 Å². The zero-order valence-corrected chi connectivity index (χ0v) is 13.2. The van der Waals surface area contributed by atoms with Gasteiger partial charge in [-0.2, -0.15) is 8.42 Å². The lowest BCUT2D eigenvalue weighted by Crippen LogP contribution is -2.51. The molecule has 3 atom stereocenters. The third-order valence-corrected chi connectivity index (χ3v) is 6.08. The number of rotatable bonds is 9. The van der Waals surface area contributed by atoms with Gasteiger partial charge in [0.2, 0.25) is 0 Å². The first-order valence-corrected chi connectivity index (χ1v) is 8.38. The van der Waals surface area contributed by atoms with E-state index >= 15 is 0 Å². The summed E-state index contributed by atoms with van der Waals surface area (Å²) >= 11 is 0. The Balaban J connectivity index is 5.42. The van der Waals surface area contributed by atoms with E-state index in [2.05, 4.69) is 12.2 Å². The van der Waals surface area contributed by atoms with Crippen LogP contribution >= 0.6 is 0 Å². The molecule has 0 heterocycles. The molecule has 0 bridgehead atoms. The molecule has 0 aliphatic carbocycles. The lowest BCUT2D eigenvalue weighted by molar-refractivity contribution is 0.247. The summed E-state index contributed by atoms with van der Waals surface area (Å²) in [7, 11) is -2.20. The molecule has 18 heavy (non-hydrogen) atoms. The molecule has 0 spiro atoms. The van der Waals surface area contributed by atoms with E-state index in [0.717, 1.165) is 19.3 Å². The highest BCUT2D eigenvalue weighted by molar-refractivity contribution is 7.87. The second-order valence-corrected chi connectivity index (χ2v) is 6.88. The average molecular weight is 279 g/mol. The van der Waals surface area contributed by atoms with Gasteiger partial charge in [-0.3, -0.25) is 4.55 Å². The van der Waals surface area contributed by atoms with Gasteiger partial charge < -0.3 is 5.32 Å². The van der Waals surface area contributed by atoms with Crippen LogP contribution in [0.2, 0.25) is 0 Å². The number of hydrogen-bond donors (Lipinski definition) is 2. The van der Waals surface area contributed by atoms with Crippen LogP contribution in [0.1, 0.15) is 59.8 Å². The Morgan fingerprint density at radius 1 is 1.22 bits per heavy atom. The minimum atomic E-state index is -4.05. The van der Waals surface area contributed by atoms with Crippen molar-refractivity contribution < 1.29 is 13.0 Å². The molecule has 110 valence electrons. The minimum absolute atomic E-state index is 0.109. The molecule has 0 aromatic carbocycles. The van der Waals surface area contributed by atoms with Crippen molar-refractivity contribution in [1.82, 2.24) is 5.32 Å². The van der Waals surface area contributed by atoms with Gasteiger partial charge in [0.05, 0.1) is 0 Å². The molecule has 5 heteroatoms. The van der Waals surface area contributed by atoms with Crippen LogP contribution in [-0.2, 0) is 10.1 Å². The molecule has 0 aromatic heterocycles. The van der Waals surface area contributed by atoms with E-state index in [1.165, 1.54) is 0 Å².